The Morgan fingerprint density at radius 2 is 1.80 bits per heavy atom. The van der Waals surface area contributed by atoms with Crippen molar-refractivity contribution in [2.24, 2.45) is 0 Å². The molecular formula is C7H7KO6S. The van der Waals surface area contributed by atoms with E-state index in [0.29, 0.717) is 0 Å². The third-order valence-electron chi connectivity index (χ3n) is 1.47. The van der Waals surface area contributed by atoms with Crippen LogP contribution in [0.1, 0.15) is 10.4 Å². The molecule has 78 valence electrons. The van der Waals surface area contributed by atoms with E-state index in [-0.39, 0.29) is 51.4 Å². The molecule has 0 fully saturated rings. The summed E-state index contributed by atoms with van der Waals surface area (Å²) in [7, 11) is -4.50. The Hall–Kier alpha value is 0.196. The Bertz CT molecular complexity index is 454. The van der Waals surface area contributed by atoms with Crippen molar-refractivity contribution in [2.45, 2.75) is 4.90 Å². The van der Waals surface area contributed by atoms with Crippen LogP contribution in [0.3, 0.4) is 0 Å². The predicted molar refractivity (Wildman–Crippen MR) is 51.4 cm³/mol. The van der Waals surface area contributed by atoms with Crippen molar-refractivity contribution in [1.82, 2.24) is 0 Å². The van der Waals surface area contributed by atoms with Gasteiger partial charge < -0.3 is 0 Å². The number of carbonyl (C=O) groups excluding carboxylic acids is 1. The molecule has 2 N–H and O–H groups in total. The molecule has 8 heteroatoms. The molecule has 0 saturated carbocycles. The Morgan fingerprint density at radius 3 is 2.27 bits per heavy atom. The molecule has 15 heavy (non-hydrogen) atoms. The first-order chi connectivity index (χ1) is 6.46. The van der Waals surface area contributed by atoms with Gasteiger partial charge in [0.25, 0.3) is 10.1 Å². The summed E-state index contributed by atoms with van der Waals surface area (Å²) in [6.07, 6.45) is 0. The van der Waals surface area contributed by atoms with Crippen molar-refractivity contribution in [2.75, 3.05) is 0 Å². The van der Waals surface area contributed by atoms with E-state index in [1.54, 1.807) is 0 Å². The first-order valence-corrected chi connectivity index (χ1v) is 4.83. The van der Waals surface area contributed by atoms with E-state index < -0.39 is 26.5 Å². The fourth-order valence-corrected chi connectivity index (χ4v) is 1.59. The SMILES string of the molecule is O=C(OO)c1ccccc1S(=O)(=O)O.[KH]. The van der Waals surface area contributed by atoms with E-state index >= 15 is 0 Å². The van der Waals surface area contributed by atoms with Gasteiger partial charge in [0.1, 0.15) is 4.90 Å². The molecule has 6 nitrogen and oxygen atoms in total. The second-order valence-corrected chi connectivity index (χ2v) is 3.74. The Kier molecular flexibility index (Phi) is 6.14. The molecule has 0 spiro atoms. The van der Waals surface area contributed by atoms with E-state index in [1.165, 1.54) is 12.1 Å². The second-order valence-electron chi connectivity index (χ2n) is 2.35. The summed E-state index contributed by atoms with van der Waals surface area (Å²) in [5.74, 6) is -1.25. The van der Waals surface area contributed by atoms with E-state index in [0.717, 1.165) is 12.1 Å². The van der Waals surface area contributed by atoms with Gasteiger partial charge in [-0.3, -0.25) is 9.44 Å². The Balaban J connectivity index is 0.00000196. The number of rotatable bonds is 2. The second kappa shape index (κ2) is 6.06. The first kappa shape index (κ1) is 15.2. The van der Waals surface area contributed by atoms with E-state index in [2.05, 4.69) is 4.89 Å². The molecule has 0 radical (unpaired) electrons. The minimum atomic E-state index is -4.50. The van der Waals surface area contributed by atoms with Gasteiger partial charge in [-0.2, -0.15) is 13.7 Å². The number of hydrogen-bond acceptors (Lipinski definition) is 5. The van der Waals surface area contributed by atoms with Crippen LogP contribution in [-0.4, -0.2) is 75.6 Å². The first-order valence-electron chi connectivity index (χ1n) is 3.39. The van der Waals surface area contributed by atoms with Gasteiger partial charge in [0.05, 0.1) is 5.56 Å². The van der Waals surface area contributed by atoms with Crippen LogP contribution in [0.5, 0.6) is 0 Å². The minimum absolute atomic E-state index is 0. The summed E-state index contributed by atoms with van der Waals surface area (Å²) in [5, 5.41) is 8.05. The summed E-state index contributed by atoms with van der Waals surface area (Å²) in [5.41, 5.74) is -0.433. The molecule has 1 rings (SSSR count). The van der Waals surface area contributed by atoms with Crippen LogP contribution in [0.2, 0.25) is 0 Å². The Labute approximate surface area is 128 Å². The molecular weight excluding hydrogens is 251 g/mol. The monoisotopic (exact) mass is 258 g/mol. The quantitative estimate of drug-likeness (QED) is 0.333. The molecule has 0 aliphatic rings. The third kappa shape index (κ3) is 3.92. The van der Waals surface area contributed by atoms with Gasteiger partial charge in [0.15, 0.2) is 0 Å². The van der Waals surface area contributed by atoms with Crippen LogP contribution in [0.25, 0.3) is 0 Å². The number of hydrogen-bond donors (Lipinski definition) is 2. The van der Waals surface area contributed by atoms with Crippen LogP contribution >= 0.6 is 0 Å². The van der Waals surface area contributed by atoms with E-state index in [4.69, 9.17) is 9.81 Å². The van der Waals surface area contributed by atoms with Gasteiger partial charge in [0, 0.05) is 0 Å². The molecule has 0 atom stereocenters. The topological polar surface area (TPSA) is 101 Å². The van der Waals surface area contributed by atoms with Crippen LogP contribution in [-0.2, 0) is 15.0 Å². The molecule has 0 bridgehead atoms. The maximum absolute atomic E-state index is 10.8. The van der Waals surface area contributed by atoms with Crippen molar-refractivity contribution >= 4 is 67.5 Å². The fraction of sp³-hybridized carbons (Fsp3) is 0. The number of carbonyl (C=O) groups is 1. The van der Waals surface area contributed by atoms with Gasteiger partial charge in [-0.1, -0.05) is 12.1 Å². The number of benzene rings is 1. The molecule has 0 aliphatic heterocycles. The van der Waals surface area contributed by atoms with Gasteiger partial charge in [-0.05, 0) is 12.1 Å². The molecule has 0 aromatic heterocycles. The van der Waals surface area contributed by atoms with Gasteiger partial charge >= 0.3 is 57.4 Å². The van der Waals surface area contributed by atoms with Crippen LogP contribution in [0.4, 0.5) is 0 Å². The van der Waals surface area contributed by atoms with Crippen molar-refractivity contribution in [3.8, 4) is 0 Å². The molecule has 1 aromatic carbocycles. The zero-order chi connectivity index (χ0) is 10.8. The molecule has 0 unspecified atom stereocenters. The van der Waals surface area contributed by atoms with Crippen molar-refractivity contribution in [3.05, 3.63) is 29.8 Å². The summed E-state index contributed by atoms with van der Waals surface area (Å²) in [4.78, 5) is 13.6. The molecule has 1 aromatic rings. The summed E-state index contributed by atoms with van der Waals surface area (Å²) < 4.78 is 30.2. The van der Waals surface area contributed by atoms with Gasteiger partial charge in [0.2, 0.25) is 0 Å². The molecule has 0 amide bonds. The molecule has 0 saturated heterocycles. The predicted octanol–water partition coefficient (Wildman–Crippen LogP) is -0.0854. The Morgan fingerprint density at radius 1 is 1.27 bits per heavy atom. The zero-order valence-corrected chi connectivity index (χ0v) is 7.56. The van der Waals surface area contributed by atoms with Crippen LogP contribution in [0, 0.1) is 0 Å². The van der Waals surface area contributed by atoms with Crippen molar-refractivity contribution in [1.29, 1.82) is 0 Å². The van der Waals surface area contributed by atoms with Crippen LogP contribution in [0.15, 0.2) is 29.2 Å². The molecule has 0 heterocycles. The normalized spacial score (nSPS) is 10.3. The molecule has 0 aliphatic carbocycles. The average Bonchev–Trinajstić information content (AvgIpc) is 2.15. The van der Waals surface area contributed by atoms with Gasteiger partial charge in [-0.25, -0.2) is 4.79 Å². The van der Waals surface area contributed by atoms with Crippen LogP contribution < -0.4 is 0 Å². The van der Waals surface area contributed by atoms with Crippen molar-refractivity contribution in [3.63, 3.8) is 0 Å². The summed E-state index contributed by atoms with van der Waals surface area (Å²) in [6, 6.07) is 4.79. The standard InChI is InChI=1S/C7H6O6S.K.H/c8-7(13-9)5-3-1-2-4-6(5)14(10,11)12;;/h1-4,9H,(H,10,11,12);;. The maximum atomic E-state index is 10.8. The van der Waals surface area contributed by atoms with E-state index in [9.17, 15) is 13.2 Å². The summed E-state index contributed by atoms with van der Waals surface area (Å²) in [6.45, 7) is 0. The van der Waals surface area contributed by atoms with Gasteiger partial charge in [-0.15, -0.1) is 0 Å². The average molecular weight is 258 g/mol. The van der Waals surface area contributed by atoms with Crippen molar-refractivity contribution < 1.29 is 27.9 Å². The van der Waals surface area contributed by atoms with E-state index in [1.807, 2.05) is 0 Å². The third-order valence-corrected chi connectivity index (χ3v) is 2.38. The summed E-state index contributed by atoms with van der Waals surface area (Å²) >= 11 is 0. The zero-order valence-electron chi connectivity index (χ0n) is 6.75. The fourth-order valence-electron chi connectivity index (χ4n) is 0.909.